The summed E-state index contributed by atoms with van der Waals surface area (Å²) in [6.45, 7) is 0. The molecule has 0 aliphatic heterocycles. The molecule has 2 nitrogen and oxygen atoms in total. The van der Waals surface area contributed by atoms with Crippen LogP contribution in [0.3, 0.4) is 0 Å². The van der Waals surface area contributed by atoms with E-state index in [0.29, 0.717) is 5.02 Å². The molecular weight excluding hydrogens is 220 g/mol. The summed E-state index contributed by atoms with van der Waals surface area (Å²) in [7, 11) is 0. The molecule has 1 aromatic heterocycles. The van der Waals surface area contributed by atoms with Crippen molar-refractivity contribution in [2.75, 3.05) is 0 Å². The maximum atomic E-state index is 9.20. The highest BCUT2D eigenvalue weighted by atomic mass is 35.5. The lowest BCUT2D eigenvalue weighted by atomic mass is 9.94. The van der Waals surface area contributed by atoms with Crippen LogP contribution in [0.25, 0.3) is 0 Å². The predicted molar refractivity (Wildman–Crippen MR) is 63.1 cm³/mol. The lowest BCUT2D eigenvalue weighted by molar-refractivity contribution is 1.02. The summed E-state index contributed by atoms with van der Waals surface area (Å²) < 4.78 is 0. The number of hydrogen-bond donors (Lipinski definition) is 0. The van der Waals surface area contributed by atoms with Crippen LogP contribution < -0.4 is 0 Å². The molecule has 1 unspecified atom stereocenters. The van der Waals surface area contributed by atoms with Gasteiger partial charge < -0.3 is 0 Å². The topological polar surface area (TPSA) is 36.7 Å². The van der Waals surface area contributed by atoms with Crippen molar-refractivity contribution in [1.82, 2.24) is 4.98 Å². The summed E-state index contributed by atoms with van der Waals surface area (Å²) in [5, 5.41) is 9.75. The zero-order chi connectivity index (χ0) is 11.4. The van der Waals surface area contributed by atoms with E-state index in [9.17, 15) is 5.26 Å². The van der Waals surface area contributed by atoms with Crippen molar-refractivity contribution in [3.05, 3.63) is 64.9 Å². The molecule has 2 rings (SSSR count). The standard InChI is InChI=1S/C13H9ClN2/c14-12-6-11(8-16-9-12)13(7-15)10-4-2-1-3-5-10/h1-6,8-9,13H. The Balaban J connectivity index is 2.42. The van der Waals surface area contributed by atoms with Gasteiger partial charge in [0.05, 0.1) is 17.0 Å². The minimum Gasteiger partial charge on any atom is -0.263 e. The monoisotopic (exact) mass is 228 g/mol. The molecule has 3 heteroatoms. The Kier molecular flexibility index (Phi) is 3.19. The van der Waals surface area contributed by atoms with Gasteiger partial charge in [0.25, 0.3) is 0 Å². The normalized spacial score (nSPS) is 11.8. The van der Waals surface area contributed by atoms with Crippen molar-refractivity contribution in [1.29, 1.82) is 5.26 Å². The first-order chi connectivity index (χ1) is 7.81. The van der Waals surface area contributed by atoms with Gasteiger partial charge in [0.15, 0.2) is 0 Å². The number of halogens is 1. The van der Waals surface area contributed by atoms with Crippen molar-refractivity contribution in [3.8, 4) is 6.07 Å². The molecule has 0 saturated heterocycles. The molecule has 0 amide bonds. The number of hydrogen-bond acceptors (Lipinski definition) is 2. The Morgan fingerprint density at radius 3 is 2.50 bits per heavy atom. The highest BCUT2D eigenvalue weighted by molar-refractivity contribution is 6.30. The van der Waals surface area contributed by atoms with Crippen LogP contribution in [0.5, 0.6) is 0 Å². The maximum absolute atomic E-state index is 9.20. The molecule has 0 fully saturated rings. The molecular formula is C13H9ClN2. The van der Waals surface area contributed by atoms with Crippen LogP contribution in [0.4, 0.5) is 0 Å². The second-order valence-electron chi connectivity index (χ2n) is 3.41. The summed E-state index contributed by atoms with van der Waals surface area (Å²) >= 11 is 5.86. The molecule has 0 radical (unpaired) electrons. The zero-order valence-electron chi connectivity index (χ0n) is 8.47. The van der Waals surface area contributed by atoms with Crippen LogP contribution >= 0.6 is 11.6 Å². The fourth-order valence-electron chi connectivity index (χ4n) is 1.57. The second-order valence-corrected chi connectivity index (χ2v) is 3.85. The van der Waals surface area contributed by atoms with Crippen LogP contribution in [0.2, 0.25) is 5.02 Å². The molecule has 2 aromatic rings. The largest absolute Gasteiger partial charge is 0.263 e. The van der Waals surface area contributed by atoms with Gasteiger partial charge in [0.1, 0.15) is 0 Å². The zero-order valence-corrected chi connectivity index (χ0v) is 9.22. The van der Waals surface area contributed by atoms with Gasteiger partial charge in [-0.2, -0.15) is 5.26 Å². The average Bonchev–Trinajstić information content (AvgIpc) is 2.31. The van der Waals surface area contributed by atoms with E-state index in [1.165, 1.54) is 0 Å². The third-order valence-corrected chi connectivity index (χ3v) is 2.53. The molecule has 0 N–H and O–H groups in total. The number of aromatic nitrogens is 1. The van der Waals surface area contributed by atoms with Gasteiger partial charge in [-0.1, -0.05) is 41.9 Å². The summed E-state index contributed by atoms with van der Waals surface area (Å²) in [6.07, 6.45) is 3.23. The molecule has 0 bridgehead atoms. The van der Waals surface area contributed by atoms with Crippen molar-refractivity contribution >= 4 is 11.6 Å². The first-order valence-electron chi connectivity index (χ1n) is 4.86. The molecule has 78 valence electrons. The third-order valence-electron chi connectivity index (χ3n) is 2.32. The van der Waals surface area contributed by atoms with Gasteiger partial charge in [0.2, 0.25) is 0 Å². The van der Waals surface area contributed by atoms with E-state index in [-0.39, 0.29) is 5.92 Å². The van der Waals surface area contributed by atoms with Crippen molar-refractivity contribution in [2.45, 2.75) is 5.92 Å². The third kappa shape index (κ3) is 2.21. The summed E-state index contributed by atoms with van der Waals surface area (Å²) in [4.78, 5) is 4.00. The number of rotatable bonds is 2. The first-order valence-corrected chi connectivity index (χ1v) is 5.24. The van der Waals surface area contributed by atoms with E-state index < -0.39 is 0 Å². The van der Waals surface area contributed by atoms with E-state index in [1.807, 2.05) is 30.3 Å². The van der Waals surface area contributed by atoms with Crippen LogP contribution in [-0.2, 0) is 0 Å². The van der Waals surface area contributed by atoms with E-state index in [2.05, 4.69) is 11.1 Å². The second kappa shape index (κ2) is 4.78. The Morgan fingerprint density at radius 1 is 1.12 bits per heavy atom. The SMILES string of the molecule is N#CC(c1ccccc1)c1cncc(Cl)c1. The van der Waals surface area contributed by atoms with E-state index in [4.69, 9.17) is 11.6 Å². The summed E-state index contributed by atoms with van der Waals surface area (Å²) in [5.41, 5.74) is 1.77. The average molecular weight is 229 g/mol. The molecule has 0 spiro atoms. The summed E-state index contributed by atoms with van der Waals surface area (Å²) in [6, 6.07) is 13.6. The van der Waals surface area contributed by atoms with Crippen LogP contribution in [0, 0.1) is 11.3 Å². The lowest BCUT2D eigenvalue weighted by Crippen LogP contribution is -1.98. The molecule has 0 aliphatic rings. The van der Waals surface area contributed by atoms with E-state index in [1.54, 1.807) is 18.5 Å². The predicted octanol–water partition coefficient (Wildman–Crippen LogP) is 3.39. The molecule has 1 atom stereocenters. The van der Waals surface area contributed by atoms with Gasteiger partial charge in [-0.25, -0.2) is 0 Å². The maximum Gasteiger partial charge on any atom is 0.0978 e. The van der Waals surface area contributed by atoms with Crippen molar-refractivity contribution in [3.63, 3.8) is 0 Å². The quantitative estimate of drug-likeness (QED) is 0.790. The highest BCUT2D eigenvalue weighted by Crippen LogP contribution is 2.24. The van der Waals surface area contributed by atoms with Crippen molar-refractivity contribution in [2.24, 2.45) is 0 Å². The minimum absolute atomic E-state index is 0.313. The molecule has 1 aromatic carbocycles. The van der Waals surface area contributed by atoms with Gasteiger partial charge in [-0.15, -0.1) is 0 Å². The smallest absolute Gasteiger partial charge is 0.0978 e. The first kappa shape index (κ1) is 10.7. The number of benzene rings is 1. The molecule has 0 aliphatic carbocycles. The summed E-state index contributed by atoms with van der Waals surface area (Å²) in [5.74, 6) is -0.313. The van der Waals surface area contributed by atoms with Crippen LogP contribution in [-0.4, -0.2) is 4.98 Å². The Hall–Kier alpha value is -1.85. The Bertz CT molecular complexity index is 517. The van der Waals surface area contributed by atoms with E-state index >= 15 is 0 Å². The Morgan fingerprint density at radius 2 is 1.88 bits per heavy atom. The van der Waals surface area contributed by atoms with Gasteiger partial charge in [-0.3, -0.25) is 4.98 Å². The number of nitriles is 1. The highest BCUT2D eigenvalue weighted by Gasteiger charge is 2.13. The Labute approximate surface area is 99.1 Å². The van der Waals surface area contributed by atoms with Crippen LogP contribution in [0.15, 0.2) is 48.8 Å². The van der Waals surface area contributed by atoms with Crippen molar-refractivity contribution < 1.29 is 0 Å². The van der Waals surface area contributed by atoms with Crippen LogP contribution in [0.1, 0.15) is 17.0 Å². The fourth-order valence-corrected chi connectivity index (χ4v) is 1.76. The molecule has 0 saturated carbocycles. The van der Waals surface area contributed by atoms with Gasteiger partial charge in [0, 0.05) is 12.4 Å². The molecule has 1 heterocycles. The van der Waals surface area contributed by atoms with E-state index in [0.717, 1.165) is 11.1 Å². The van der Waals surface area contributed by atoms with Gasteiger partial charge >= 0.3 is 0 Å². The minimum atomic E-state index is -0.313. The number of nitrogens with zero attached hydrogens (tertiary/aromatic N) is 2. The number of pyridine rings is 1. The lowest BCUT2D eigenvalue weighted by Gasteiger charge is -2.09. The fraction of sp³-hybridized carbons (Fsp3) is 0.0769. The van der Waals surface area contributed by atoms with Gasteiger partial charge in [-0.05, 0) is 17.2 Å². The molecule has 16 heavy (non-hydrogen) atoms.